The molecule has 1 aliphatic heterocycles. The van der Waals surface area contributed by atoms with E-state index in [-0.39, 0.29) is 12.1 Å². The highest BCUT2D eigenvalue weighted by molar-refractivity contribution is 7.07. The van der Waals surface area contributed by atoms with Crippen LogP contribution in [0.4, 0.5) is 4.79 Å². The second-order valence-corrected chi connectivity index (χ2v) is 7.24. The number of carbonyl (C=O) groups is 1. The summed E-state index contributed by atoms with van der Waals surface area (Å²) in [5.41, 5.74) is 2.39. The third-order valence-corrected chi connectivity index (χ3v) is 5.36. The topological polar surface area (TPSA) is 47.6 Å². The summed E-state index contributed by atoms with van der Waals surface area (Å²) in [5, 5.41) is 10.3. The molecule has 1 aromatic carbocycles. The molecule has 0 aliphatic carbocycles. The maximum atomic E-state index is 12.2. The van der Waals surface area contributed by atoms with Crippen molar-refractivity contribution in [3.8, 4) is 0 Å². The molecule has 5 nitrogen and oxygen atoms in total. The van der Waals surface area contributed by atoms with Crippen molar-refractivity contribution in [3.63, 3.8) is 0 Å². The van der Waals surface area contributed by atoms with Gasteiger partial charge in [-0.05, 0) is 35.0 Å². The number of hydrogen-bond acceptors (Lipinski definition) is 4. The fourth-order valence-electron chi connectivity index (χ4n) is 3.09. The molecule has 25 heavy (non-hydrogen) atoms. The van der Waals surface area contributed by atoms with Crippen LogP contribution in [-0.4, -0.2) is 55.6 Å². The summed E-state index contributed by atoms with van der Waals surface area (Å²) in [7, 11) is 2.16. The maximum absolute atomic E-state index is 12.2. The summed E-state index contributed by atoms with van der Waals surface area (Å²) in [6.45, 7) is 5.38. The molecule has 1 fully saturated rings. The van der Waals surface area contributed by atoms with Crippen LogP contribution in [0.15, 0.2) is 47.2 Å². The van der Waals surface area contributed by atoms with Crippen molar-refractivity contribution >= 4 is 17.4 Å². The molecule has 2 aromatic rings. The van der Waals surface area contributed by atoms with Crippen LogP contribution in [0, 0.1) is 0 Å². The molecule has 0 bridgehead atoms. The molecule has 2 amide bonds. The average Bonchev–Trinajstić information content (AvgIpc) is 3.17. The molecule has 0 unspecified atom stereocenters. The first-order valence-corrected chi connectivity index (χ1v) is 9.67. The Balaban J connectivity index is 1.52. The Morgan fingerprint density at radius 3 is 2.56 bits per heavy atom. The quantitative estimate of drug-likeness (QED) is 0.834. The van der Waals surface area contributed by atoms with Crippen molar-refractivity contribution < 1.29 is 4.79 Å². The average molecular weight is 359 g/mol. The molecule has 1 saturated heterocycles. The Labute approximate surface area is 153 Å². The number of piperazine rings is 1. The molecule has 0 saturated carbocycles. The van der Waals surface area contributed by atoms with Gasteiger partial charge in [-0.3, -0.25) is 4.90 Å². The number of nitrogens with one attached hydrogen (secondary N) is 2. The van der Waals surface area contributed by atoms with Gasteiger partial charge in [0.2, 0.25) is 0 Å². The highest BCUT2D eigenvalue weighted by Gasteiger charge is 2.24. The van der Waals surface area contributed by atoms with Gasteiger partial charge in [-0.25, -0.2) is 4.79 Å². The minimum absolute atomic E-state index is 0.113. The number of carbonyl (C=O) groups excluding carboxylic acids is 1. The summed E-state index contributed by atoms with van der Waals surface area (Å²) >= 11 is 1.71. The number of amides is 2. The minimum atomic E-state index is -0.113. The van der Waals surface area contributed by atoms with Crippen molar-refractivity contribution in [1.82, 2.24) is 20.4 Å². The van der Waals surface area contributed by atoms with Gasteiger partial charge in [0.25, 0.3) is 0 Å². The van der Waals surface area contributed by atoms with Gasteiger partial charge in [-0.15, -0.1) is 0 Å². The van der Waals surface area contributed by atoms with Crippen LogP contribution in [0.5, 0.6) is 0 Å². The van der Waals surface area contributed by atoms with E-state index in [1.54, 1.807) is 11.3 Å². The van der Waals surface area contributed by atoms with E-state index in [9.17, 15) is 4.79 Å². The van der Waals surface area contributed by atoms with Crippen LogP contribution in [-0.2, 0) is 6.54 Å². The number of rotatable bonds is 6. The molecule has 1 aliphatic rings. The number of urea groups is 1. The summed E-state index contributed by atoms with van der Waals surface area (Å²) in [6, 6.07) is 12.3. The fraction of sp³-hybridized carbons (Fsp3) is 0.421. The van der Waals surface area contributed by atoms with Gasteiger partial charge in [0.1, 0.15) is 0 Å². The standard InChI is InChI=1S/C19H26N4OS/c1-22-8-10-23(11-9-22)18(17-7-12-25-15-17)14-21-19(24)20-13-16-5-3-2-4-6-16/h2-7,12,15,18H,8-11,13-14H2,1H3,(H2,20,21,24)/t18-/m1/s1. The molecular formula is C19H26N4OS. The third-order valence-electron chi connectivity index (χ3n) is 4.66. The van der Waals surface area contributed by atoms with Crippen LogP contribution < -0.4 is 10.6 Å². The van der Waals surface area contributed by atoms with Crippen molar-refractivity contribution in [2.75, 3.05) is 39.8 Å². The molecule has 2 heterocycles. The monoisotopic (exact) mass is 358 g/mol. The van der Waals surface area contributed by atoms with Gasteiger partial charge in [0.05, 0.1) is 6.04 Å². The van der Waals surface area contributed by atoms with E-state index < -0.39 is 0 Å². The fourth-order valence-corrected chi connectivity index (χ4v) is 3.79. The number of nitrogens with zero attached hydrogens (tertiary/aromatic N) is 2. The van der Waals surface area contributed by atoms with Gasteiger partial charge < -0.3 is 15.5 Å². The zero-order chi connectivity index (χ0) is 17.5. The molecule has 2 N–H and O–H groups in total. The van der Waals surface area contributed by atoms with Crippen LogP contribution >= 0.6 is 11.3 Å². The van der Waals surface area contributed by atoms with E-state index in [0.717, 1.165) is 31.7 Å². The van der Waals surface area contributed by atoms with Crippen LogP contribution in [0.3, 0.4) is 0 Å². The highest BCUT2D eigenvalue weighted by atomic mass is 32.1. The molecule has 3 rings (SSSR count). The molecule has 0 spiro atoms. The van der Waals surface area contributed by atoms with E-state index in [2.05, 4.69) is 44.3 Å². The number of benzene rings is 1. The summed E-state index contributed by atoms with van der Waals surface area (Å²) < 4.78 is 0. The minimum Gasteiger partial charge on any atom is -0.336 e. The Hall–Kier alpha value is -1.89. The lowest BCUT2D eigenvalue weighted by molar-refractivity contribution is 0.111. The van der Waals surface area contributed by atoms with Gasteiger partial charge in [0, 0.05) is 39.3 Å². The van der Waals surface area contributed by atoms with Gasteiger partial charge in [-0.1, -0.05) is 30.3 Å². The van der Waals surface area contributed by atoms with Gasteiger partial charge in [0.15, 0.2) is 0 Å². The number of thiophene rings is 1. The van der Waals surface area contributed by atoms with Crippen LogP contribution in [0.1, 0.15) is 17.2 Å². The summed E-state index contributed by atoms with van der Waals surface area (Å²) in [6.07, 6.45) is 0. The smallest absolute Gasteiger partial charge is 0.315 e. The Morgan fingerprint density at radius 2 is 1.88 bits per heavy atom. The second-order valence-electron chi connectivity index (χ2n) is 6.46. The van der Waals surface area contributed by atoms with Crippen LogP contribution in [0.2, 0.25) is 0 Å². The number of likely N-dealkylation sites (N-methyl/N-ethyl adjacent to an activating group) is 1. The van der Waals surface area contributed by atoms with Crippen molar-refractivity contribution in [2.45, 2.75) is 12.6 Å². The number of hydrogen-bond donors (Lipinski definition) is 2. The van der Waals surface area contributed by atoms with E-state index in [0.29, 0.717) is 13.1 Å². The molecular weight excluding hydrogens is 332 g/mol. The molecule has 0 radical (unpaired) electrons. The second kappa shape index (κ2) is 8.99. The highest BCUT2D eigenvalue weighted by Crippen LogP contribution is 2.23. The van der Waals surface area contributed by atoms with Crippen molar-refractivity contribution in [1.29, 1.82) is 0 Å². The molecule has 1 atom stereocenters. The first kappa shape index (κ1) is 17.9. The first-order valence-electron chi connectivity index (χ1n) is 8.72. The predicted octanol–water partition coefficient (Wildman–Crippen LogP) is 2.54. The SMILES string of the molecule is CN1CCN([C@H](CNC(=O)NCc2ccccc2)c2ccsc2)CC1. The Morgan fingerprint density at radius 1 is 1.12 bits per heavy atom. The Bertz CT molecular complexity index is 639. The zero-order valence-corrected chi connectivity index (χ0v) is 15.5. The predicted molar refractivity (Wildman–Crippen MR) is 103 cm³/mol. The molecule has 1 aromatic heterocycles. The van der Waals surface area contributed by atoms with Gasteiger partial charge in [-0.2, -0.15) is 11.3 Å². The van der Waals surface area contributed by atoms with E-state index in [1.165, 1.54) is 5.56 Å². The van der Waals surface area contributed by atoms with Crippen LogP contribution in [0.25, 0.3) is 0 Å². The van der Waals surface area contributed by atoms with Crippen molar-refractivity contribution in [2.24, 2.45) is 0 Å². The normalized spacial score (nSPS) is 17.2. The lowest BCUT2D eigenvalue weighted by Gasteiger charge is -2.38. The lowest BCUT2D eigenvalue weighted by atomic mass is 10.1. The first-order chi connectivity index (χ1) is 12.2. The Kier molecular flexibility index (Phi) is 6.44. The third kappa shape index (κ3) is 5.29. The van der Waals surface area contributed by atoms with Gasteiger partial charge >= 0.3 is 6.03 Å². The maximum Gasteiger partial charge on any atom is 0.315 e. The van der Waals surface area contributed by atoms with E-state index in [4.69, 9.17) is 0 Å². The summed E-state index contributed by atoms with van der Waals surface area (Å²) in [5.74, 6) is 0. The van der Waals surface area contributed by atoms with E-state index >= 15 is 0 Å². The lowest BCUT2D eigenvalue weighted by Crippen LogP contribution is -2.49. The molecule has 6 heteroatoms. The summed E-state index contributed by atoms with van der Waals surface area (Å²) in [4.78, 5) is 17.0. The van der Waals surface area contributed by atoms with E-state index in [1.807, 2.05) is 30.3 Å². The zero-order valence-electron chi connectivity index (χ0n) is 14.6. The van der Waals surface area contributed by atoms with Crippen molar-refractivity contribution in [3.05, 3.63) is 58.3 Å². The largest absolute Gasteiger partial charge is 0.336 e. The molecule has 134 valence electrons.